The van der Waals surface area contributed by atoms with Crippen molar-refractivity contribution in [3.63, 3.8) is 0 Å². The Morgan fingerprint density at radius 1 is 1.32 bits per heavy atom. The third-order valence-electron chi connectivity index (χ3n) is 3.04. The molecule has 0 spiro atoms. The highest BCUT2D eigenvalue weighted by molar-refractivity contribution is 9.10. The average molecular weight is 341 g/mol. The molecule has 5 heteroatoms. The number of hydrogen-bond acceptors (Lipinski definition) is 4. The van der Waals surface area contributed by atoms with E-state index in [-0.39, 0.29) is 6.04 Å². The Morgan fingerprint density at radius 3 is 2.58 bits per heavy atom. The lowest BCUT2D eigenvalue weighted by molar-refractivity contribution is 0.414. The molecule has 3 N–H and O–H groups in total. The second kappa shape index (κ2) is 7.05. The van der Waals surface area contributed by atoms with E-state index in [4.69, 9.17) is 10.6 Å². The summed E-state index contributed by atoms with van der Waals surface area (Å²) in [6.07, 6.45) is 1.94. The van der Waals surface area contributed by atoms with Gasteiger partial charge in [-0.25, -0.2) is 0 Å². The fourth-order valence-electron chi connectivity index (χ4n) is 1.95. The molecule has 2 aromatic rings. The highest BCUT2D eigenvalue weighted by Gasteiger charge is 2.14. The van der Waals surface area contributed by atoms with Crippen molar-refractivity contribution in [3.8, 4) is 5.75 Å². The normalized spacial score (nSPS) is 12.4. The maximum Gasteiger partial charge on any atom is 0.118 e. The van der Waals surface area contributed by atoms with E-state index < -0.39 is 0 Å². The van der Waals surface area contributed by atoms with Crippen LogP contribution >= 0.6 is 27.3 Å². The van der Waals surface area contributed by atoms with Crippen molar-refractivity contribution in [2.24, 2.45) is 5.84 Å². The molecule has 0 aliphatic heterocycles. The lowest BCUT2D eigenvalue weighted by Gasteiger charge is -2.15. The molecule has 0 aliphatic carbocycles. The van der Waals surface area contributed by atoms with Gasteiger partial charge >= 0.3 is 0 Å². The summed E-state index contributed by atoms with van der Waals surface area (Å²) in [4.78, 5) is 1.25. The van der Waals surface area contributed by atoms with Gasteiger partial charge in [-0.3, -0.25) is 11.3 Å². The zero-order valence-corrected chi connectivity index (χ0v) is 13.1. The number of halogens is 1. The molecule has 1 aromatic carbocycles. The van der Waals surface area contributed by atoms with Crippen molar-refractivity contribution in [1.82, 2.24) is 5.43 Å². The predicted molar refractivity (Wildman–Crippen MR) is 83.4 cm³/mol. The van der Waals surface area contributed by atoms with Gasteiger partial charge in [0.15, 0.2) is 0 Å². The molecule has 0 saturated carbocycles. The van der Waals surface area contributed by atoms with Crippen LogP contribution in [-0.4, -0.2) is 7.11 Å². The number of methoxy groups -OCH3 is 1. The third kappa shape index (κ3) is 3.79. The first-order chi connectivity index (χ1) is 9.24. The summed E-state index contributed by atoms with van der Waals surface area (Å²) in [5, 5.41) is 2.07. The fourth-order valence-corrected chi connectivity index (χ4v) is 3.69. The van der Waals surface area contributed by atoms with Crippen LogP contribution in [0.1, 0.15) is 22.9 Å². The Labute approximate surface area is 125 Å². The van der Waals surface area contributed by atoms with Crippen molar-refractivity contribution in [2.45, 2.75) is 18.9 Å². The van der Waals surface area contributed by atoms with Gasteiger partial charge in [0.25, 0.3) is 0 Å². The first-order valence-electron chi connectivity index (χ1n) is 6.06. The van der Waals surface area contributed by atoms with Gasteiger partial charge in [-0.15, -0.1) is 11.3 Å². The van der Waals surface area contributed by atoms with Crippen LogP contribution in [0.3, 0.4) is 0 Å². The predicted octanol–water partition coefficient (Wildman–Crippen LogP) is 3.66. The van der Waals surface area contributed by atoms with Crippen LogP contribution in [0.2, 0.25) is 0 Å². The van der Waals surface area contributed by atoms with Crippen molar-refractivity contribution >= 4 is 27.3 Å². The molecular formula is C14H17BrN2OS. The van der Waals surface area contributed by atoms with E-state index in [2.05, 4.69) is 44.9 Å². The van der Waals surface area contributed by atoms with Gasteiger partial charge < -0.3 is 4.74 Å². The molecule has 102 valence electrons. The second-order valence-corrected chi connectivity index (χ2v) is 6.04. The minimum atomic E-state index is 0.177. The Balaban J connectivity index is 1.98. The quantitative estimate of drug-likeness (QED) is 0.623. The zero-order valence-electron chi connectivity index (χ0n) is 10.7. The molecule has 1 atom stereocenters. The van der Waals surface area contributed by atoms with Crippen LogP contribution in [0, 0.1) is 0 Å². The molecule has 2 rings (SSSR count). The highest BCUT2D eigenvalue weighted by Crippen LogP contribution is 2.31. The number of nitrogens with two attached hydrogens (primary N) is 1. The van der Waals surface area contributed by atoms with Crippen LogP contribution < -0.4 is 16.0 Å². The first kappa shape index (κ1) is 14.5. The number of hydrazine groups is 1. The number of benzene rings is 1. The molecule has 3 nitrogen and oxygen atoms in total. The highest BCUT2D eigenvalue weighted by atomic mass is 79.9. The number of ether oxygens (including phenoxy) is 1. The van der Waals surface area contributed by atoms with Crippen molar-refractivity contribution < 1.29 is 4.74 Å². The van der Waals surface area contributed by atoms with Gasteiger partial charge in [0.2, 0.25) is 0 Å². The molecule has 1 unspecified atom stereocenters. The number of aryl methyl sites for hydroxylation is 1. The average Bonchev–Trinajstić information content (AvgIpc) is 2.87. The molecule has 0 bridgehead atoms. The molecular weight excluding hydrogens is 324 g/mol. The van der Waals surface area contributed by atoms with Gasteiger partial charge in [0.05, 0.1) is 13.2 Å². The van der Waals surface area contributed by atoms with Crippen LogP contribution in [0.15, 0.2) is 40.2 Å². The third-order valence-corrected chi connectivity index (χ3v) is 5.03. The Bertz CT molecular complexity index is 512. The van der Waals surface area contributed by atoms with E-state index >= 15 is 0 Å². The number of thiophene rings is 1. The minimum absolute atomic E-state index is 0.177. The molecule has 0 aliphatic rings. The van der Waals surface area contributed by atoms with E-state index in [9.17, 15) is 0 Å². The monoisotopic (exact) mass is 340 g/mol. The van der Waals surface area contributed by atoms with Crippen LogP contribution in [-0.2, 0) is 6.42 Å². The molecule has 0 radical (unpaired) electrons. The van der Waals surface area contributed by atoms with E-state index in [0.717, 1.165) is 23.1 Å². The standard InChI is InChI=1S/C14H17BrN2OS/c1-18-11-5-2-10(3-6-11)4-7-13(17-16)14-12(15)8-9-19-14/h2-3,5-6,8-9,13,17H,4,7,16H2,1H3. The Hall–Kier alpha value is -0.880. The number of hydrogen-bond donors (Lipinski definition) is 2. The first-order valence-corrected chi connectivity index (χ1v) is 7.74. The minimum Gasteiger partial charge on any atom is -0.497 e. The van der Waals surface area contributed by atoms with Gasteiger partial charge in [0, 0.05) is 9.35 Å². The summed E-state index contributed by atoms with van der Waals surface area (Å²) in [5.74, 6) is 6.55. The maximum atomic E-state index is 5.66. The molecule has 0 amide bonds. The number of nitrogens with one attached hydrogen (secondary N) is 1. The zero-order chi connectivity index (χ0) is 13.7. The number of rotatable bonds is 6. The van der Waals surface area contributed by atoms with Crippen molar-refractivity contribution in [1.29, 1.82) is 0 Å². The lowest BCUT2D eigenvalue weighted by atomic mass is 10.0. The molecule has 1 heterocycles. The molecule has 19 heavy (non-hydrogen) atoms. The molecule has 0 fully saturated rings. The fraction of sp³-hybridized carbons (Fsp3) is 0.286. The Morgan fingerprint density at radius 2 is 2.05 bits per heavy atom. The van der Waals surface area contributed by atoms with Gasteiger partial charge in [-0.05, 0) is 57.9 Å². The molecule has 1 aromatic heterocycles. The largest absolute Gasteiger partial charge is 0.497 e. The molecule has 0 saturated heterocycles. The van der Waals surface area contributed by atoms with Gasteiger partial charge in [-0.2, -0.15) is 0 Å². The van der Waals surface area contributed by atoms with Crippen LogP contribution in [0.4, 0.5) is 0 Å². The topological polar surface area (TPSA) is 47.3 Å². The summed E-state index contributed by atoms with van der Waals surface area (Å²) < 4.78 is 6.27. The van der Waals surface area contributed by atoms with E-state index in [0.29, 0.717) is 0 Å². The van der Waals surface area contributed by atoms with Crippen LogP contribution in [0.25, 0.3) is 0 Å². The van der Waals surface area contributed by atoms with Gasteiger partial charge in [-0.1, -0.05) is 12.1 Å². The van der Waals surface area contributed by atoms with E-state index in [1.54, 1.807) is 18.4 Å². The van der Waals surface area contributed by atoms with E-state index in [1.165, 1.54) is 10.4 Å². The summed E-state index contributed by atoms with van der Waals surface area (Å²) in [5.41, 5.74) is 4.18. The summed E-state index contributed by atoms with van der Waals surface area (Å²) in [7, 11) is 1.68. The van der Waals surface area contributed by atoms with Crippen molar-refractivity contribution in [2.75, 3.05) is 7.11 Å². The van der Waals surface area contributed by atoms with Crippen LogP contribution in [0.5, 0.6) is 5.75 Å². The Kier molecular flexibility index (Phi) is 5.39. The maximum absolute atomic E-state index is 5.66. The lowest BCUT2D eigenvalue weighted by Crippen LogP contribution is -2.28. The summed E-state index contributed by atoms with van der Waals surface area (Å²) >= 11 is 5.27. The van der Waals surface area contributed by atoms with Crippen molar-refractivity contribution in [3.05, 3.63) is 50.6 Å². The smallest absolute Gasteiger partial charge is 0.118 e. The summed E-state index contributed by atoms with van der Waals surface area (Å²) in [6.45, 7) is 0. The van der Waals surface area contributed by atoms with Gasteiger partial charge in [0.1, 0.15) is 5.75 Å². The van der Waals surface area contributed by atoms with E-state index in [1.807, 2.05) is 12.1 Å². The second-order valence-electron chi connectivity index (χ2n) is 4.24. The summed E-state index contributed by atoms with van der Waals surface area (Å²) in [6, 6.07) is 10.4. The SMILES string of the molecule is COc1ccc(CCC(NN)c2sccc2Br)cc1.